The van der Waals surface area contributed by atoms with Crippen molar-refractivity contribution in [3.8, 4) is 0 Å². The van der Waals surface area contributed by atoms with Crippen LogP contribution >= 0.6 is 11.8 Å². The molecule has 1 unspecified atom stereocenters. The first-order valence-corrected chi connectivity index (χ1v) is 7.60. The summed E-state index contributed by atoms with van der Waals surface area (Å²) in [5, 5.41) is 0.249. The van der Waals surface area contributed by atoms with Crippen LogP contribution < -0.4 is 5.73 Å². The number of thioether (sulfide) groups is 1. The lowest BCUT2D eigenvalue weighted by atomic mass is 9.98. The molecule has 1 aliphatic rings. The molecule has 0 saturated heterocycles. The van der Waals surface area contributed by atoms with Gasteiger partial charge in [-0.25, -0.2) is 0 Å². The van der Waals surface area contributed by atoms with Gasteiger partial charge in [0.2, 0.25) is 5.91 Å². The molecule has 0 saturated carbocycles. The summed E-state index contributed by atoms with van der Waals surface area (Å²) in [6.07, 6.45) is 11.1. The Bertz CT molecular complexity index is 453. The number of allylic oxidation sites excluding steroid dienone is 4. The van der Waals surface area contributed by atoms with Crippen LogP contribution in [0.2, 0.25) is 0 Å². The van der Waals surface area contributed by atoms with Gasteiger partial charge in [0.1, 0.15) is 0 Å². The minimum atomic E-state index is -0.257. The second-order valence-electron chi connectivity index (χ2n) is 4.62. The summed E-state index contributed by atoms with van der Waals surface area (Å²) in [6, 6.07) is 10.3. The van der Waals surface area contributed by atoms with Gasteiger partial charge in [0, 0.05) is 11.2 Å². The molecule has 19 heavy (non-hydrogen) atoms. The van der Waals surface area contributed by atoms with Crippen LogP contribution in [0.25, 0.3) is 0 Å². The van der Waals surface area contributed by atoms with E-state index in [1.807, 2.05) is 18.2 Å². The monoisotopic (exact) mass is 273 g/mol. The van der Waals surface area contributed by atoms with Crippen LogP contribution in [0.4, 0.5) is 0 Å². The highest BCUT2D eigenvalue weighted by atomic mass is 32.2. The smallest absolute Gasteiger partial charge is 0.227 e. The lowest BCUT2D eigenvalue weighted by molar-refractivity contribution is -0.115. The highest BCUT2D eigenvalue weighted by Crippen LogP contribution is 2.38. The second kappa shape index (κ2) is 7.19. The van der Waals surface area contributed by atoms with E-state index in [9.17, 15) is 4.79 Å². The molecule has 2 rings (SSSR count). The summed E-state index contributed by atoms with van der Waals surface area (Å²) in [4.78, 5) is 11.1. The van der Waals surface area contributed by atoms with E-state index >= 15 is 0 Å². The number of benzene rings is 1. The van der Waals surface area contributed by atoms with Crippen molar-refractivity contribution < 1.29 is 4.79 Å². The first-order chi connectivity index (χ1) is 9.27. The highest BCUT2D eigenvalue weighted by Gasteiger charge is 2.20. The number of primary amides is 1. The molecule has 0 heterocycles. The lowest BCUT2D eigenvalue weighted by Gasteiger charge is -2.21. The summed E-state index contributed by atoms with van der Waals surface area (Å²) in [5.41, 5.74) is 6.53. The average Bonchev–Trinajstić information content (AvgIpc) is 2.69. The molecule has 1 aromatic rings. The predicted octanol–water partition coefficient (Wildman–Crippen LogP) is 3.47. The number of hydrogen-bond acceptors (Lipinski definition) is 2. The fourth-order valence-corrected chi connectivity index (χ4v) is 3.31. The number of rotatable bonds is 5. The van der Waals surface area contributed by atoms with Gasteiger partial charge in [0.05, 0.1) is 5.75 Å². The maximum absolute atomic E-state index is 11.1. The molecule has 0 aromatic heterocycles. The fourth-order valence-electron chi connectivity index (χ4n) is 2.21. The number of carbonyl (C=O) groups is 1. The van der Waals surface area contributed by atoms with E-state index in [4.69, 9.17) is 5.73 Å². The molecular weight excluding hydrogens is 254 g/mol. The Kier molecular flexibility index (Phi) is 5.28. The number of carbonyl (C=O) groups excluding carboxylic acids is 1. The number of hydrogen-bond donors (Lipinski definition) is 1. The molecule has 1 atom stereocenters. The third kappa shape index (κ3) is 4.28. The van der Waals surface area contributed by atoms with Crippen molar-refractivity contribution >= 4 is 17.7 Å². The number of nitrogens with two attached hydrogens (primary N) is 1. The zero-order chi connectivity index (χ0) is 13.5. The van der Waals surface area contributed by atoms with Gasteiger partial charge in [-0.2, -0.15) is 0 Å². The Morgan fingerprint density at radius 3 is 2.42 bits per heavy atom. The molecule has 0 spiro atoms. The van der Waals surface area contributed by atoms with Gasteiger partial charge in [-0.05, 0) is 18.4 Å². The van der Waals surface area contributed by atoms with E-state index in [0.29, 0.717) is 11.7 Å². The van der Waals surface area contributed by atoms with Crippen LogP contribution in [-0.4, -0.2) is 11.7 Å². The summed E-state index contributed by atoms with van der Waals surface area (Å²) in [6.45, 7) is 0. The molecule has 3 heteroatoms. The standard InChI is InChI=1S/C16H19NOS/c17-15(18)12-19-16(14-10-6-3-7-11-14)13-8-4-1-2-5-9-13/h3-11,13,16H,1-2,12H2,(H2,17,18). The van der Waals surface area contributed by atoms with Crippen molar-refractivity contribution in [1.29, 1.82) is 0 Å². The van der Waals surface area contributed by atoms with Crippen molar-refractivity contribution in [3.63, 3.8) is 0 Å². The molecule has 0 aliphatic heterocycles. The van der Waals surface area contributed by atoms with Crippen LogP contribution in [0.1, 0.15) is 23.7 Å². The van der Waals surface area contributed by atoms with E-state index in [2.05, 4.69) is 36.4 Å². The van der Waals surface area contributed by atoms with Crippen molar-refractivity contribution in [3.05, 3.63) is 60.2 Å². The largest absolute Gasteiger partial charge is 0.369 e. The van der Waals surface area contributed by atoms with Crippen LogP contribution in [-0.2, 0) is 4.79 Å². The van der Waals surface area contributed by atoms with E-state index in [0.717, 1.165) is 12.8 Å². The third-order valence-electron chi connectivity index (χ3n) is 3.10. The van der Waals surface area contributed by atoms with Gasteiger partial charge >= 0.3 is 0 Å². The van der Waals surface area contributed by atoms with Gasteiger partial charge in [-0.1, -0.05) is 54.6 Å². The fraction of sp³-hybridized carbons (Fsp3) is 0.312. The quantitative estimate of drug-likeness (QED) is 0.835. The summed E-state index contributed by atoms with van der Waals surface area (Å²) in [5.74, 6) is 0.430. The molecule has 1 aliphatic carbocycles. The maximum Gasteiger partial charge on any atom is 0.227 e. The van der Waals surface area contributed by atoms with Crippen molar-refractivity contribution in [2.45, 2.75) is 18.1 Å². The summed E-state index contributed by atoms with van der Waals surface area (Å²) >= 11 is 1.62. The predicted molar refractivity (Wildman–Crippen MR) is 81.8 cm³/mol. The molecule has 0 radical (unpaired) electrons. The van der Waals surface area contributed by atoms with Gasteiger partial charge in [0.15, 0.2) is 0 Å². The van der Waals surface area contributed by atoms with E-state index in [1.165, 1.54) is 5.56 Å². The van der Waals surface area contributed by atoms with Gasteiger partial charge in [0.25, 0.3) is 0 Å². The SMILES string of the molecule is NC(=O)CSC(c1ccccc1)C1C=CCCC=C1. The second-order valence-corrected chi connectivity index (χ2v) is 5.75. The van der Waals surface area contributed by atoms with Crippen LogP contribution in [0.3, 0.4) is 0 Å². The molecule has 1 amide bonds. The van der Waals surface area contributed by atoms with Crippen LogP contribution in [0.15, 0.2) is 54.6 Å². The van der Waals surface area contributed by atoms with Crippen LogP contribution in [0, 0.1) is 5.92 Å². The minimum absolute atomic E-state index is 0.249. The number of amides is 1. The Morgan fingerprint density at radius 1 is 1.21 bits per heavy atom. The molecular formula is C16H19NOS. The Hall–Kier alpha value is -1.48. The molecule has 2 N–H and O–H groups in total. The van der Waals surface area contributed by atoms with Crippen molar-refractivity contribution in [1.82, 2.24) is 0 Å². The first kappa shape index (κ1) is 13.9. The Balaban J connectivity index is 2.20. The summed E-state index contributed by atoms with van der Waals surface area (Å²) in [7, 11) is 0. The first-order valence-electron chi connectivity index (χ1n) is 6.55. The summed E-state index contributed by atoms with van der Waals surface area (Å²) < 4.78 is 0. The zero-order valence-corrected chi connectivity index (χ0v) is 11.7. The van der Waals surface area contributed by atoms with Gasteiger partial charge in [-0.15, -0.1) is 11.8 Å². The van der Waals surface area contributed by atoms with E-state index in [-0.39, 0.29) is 11.2 Å². The molecule has 0 fully saturated rings. The van der Waals surface area contributed by atoms with Crippen molar-refractivity contribution in [2.75, 3.05) is 5.75 Å². The molecule has 100 valence electrons. The van der Waals surface area contributed by atoms with Crippen LogP contribution in [0.5, 0.6) is 0 Å². The van der Waals surface area contributed by atoms with E-state index in [1.54, 1.807) is 11.8 Å². The lowest BCUT2D eigenvalue weighted by Crippen LogP contribution is -2.16. The normalized spacial score (nSPS) is 17.1. The molecule has 0 bridgehead atoms. The average molecular weight is 273 g/mol. The van der Waals surface area contributed by atoms with Gasteiger partial charge in [-0.3, -0.25) is 4.79 Å². The Labute approximate surface area is 118 Å². The maximum atomic E-state index is 11.1. The van der Waals surface area contributed by atoms with Crippen molar-refractivity contribution in [2.24, 2.45) is 11.7 Å². The third-order valence-corrected chi connectivity index (χ3v) is 4.50. The Morgan fingerprint density at radius 2 is 1.84 bits per heavy atom. The van der Waals surface area contributed by atoms with E-state index < -0.39 is 0 Å². The topological polar surface area (TPSA) is 43.1 Å². The highest BCUT2D eigenvalue weighted by molar-refractivity contribution is 8.00. The molecule has 1 aromatic carbocycles. The molecule has 2 nitrogen and oxygen atoms in total. The minimum Gasteiger partial charge on any atom is -0.369 e. The zero-order valence-electron chi connectivity index (χ0n) is 10.9. The van der Waals surface area contributed by atoms with Gasteiger partial charge < -0.3 is 5.73 Å².